The molecule has 0 bridgehead atoms. The van der Waals surface area contributed by atoms with Crippen LogP contribution in [-0.2, 0) is 9.59 Å². The molecule has 1 aromatic carbocycles. The van der Waals surface area contributed by atoms with Crippen molar-refractivity contribution in [2.45, 2.75) is 39.0 Å². The maximum Gasteiger partial charge on any atom is 0.311 e. The molecule has 0 saturated carbocycles. The molecule has 0 fully saturated rings. The molecule has 0 saturated heterocycles. The minimum Gasteiger partial charge on any atom is -0.481 e. The van der Waals surface area contributed by atoms with Gasteiger partial charge in [0.05, 0.1) is 5.92 Å². The van der Waals surface area contributed by atoms with Crippen LogP contribution in [-0.4, -0.2) is 41.8 Å². The first-order chi connectivity index (χ1) is 11.1. The molecule has 1 N–H and O–H groups in total. The van der Waals surface area contributed by atoms with E-state index in [-0.39, 0.29) is 19.1 Å². The van der Waals surface area contributed by atoms with Crippen LogP contribution in [0.25, 0.3) is 0 Å². The van der Waals surface area contributed by atoms with Crippen LogP contribution >= 0.6 is 0 Å². The average Bonchev–Trinajstić information content (AvgIpc) is 2.99. The Morgan fingerprint density at radius 2 is 1.83 bits per heavy atom. The molecule has 1 aliphatic rings. The summed E-state index contributed by atoms with van der Waals surface area (Å²) >= 11 is 0. The Bertz CT molecular complexity index is 566. The van der Waals surface area contributed by atoms with Gasteiger partial charge in [-0.3, -0.25) is 9.59 Å². The monoisotopic (exact) mass is 321 g/mol. The van der Waals surface area contributed by atoms with Crippen molar-refractivity contribution in [3.63, 3.8) is 0 Å². The topological polar surface area (TPSA) is 76.1 Å². The van der Waals surface area contributed by atoms with Gasteiger partial charge in [-0.2, -0.15) is 0 Å². The number of aliphatic carboxylic acids is 1. The SMILES string of the molecule is CCCN(CCC)C(=O)CC(C(=O)O)c1ccc2c(c1)OCO2. The number of carbonyl (C=O) groups is 2. The minimum absolute atomic E-state index is 0.0466. The Morgan fingerprint density at radius 3 is 2.43 bits per heavy atom. The largest absolute Gasteiger partial charge is 0.481 e. The average molecular weight is 321 g/mol. The van der Waals surface area contributed by atoms with E-state index in [1.165, 1.54) is 0 Å². The number of benzene rings is 1. The van der Waals surface area contributed by atoms with E-state index in [1.54, 1.807) is 23.1 Å². The van der Waals surface area contributed by atoms with Crippen LogP contribution in [0.1, 0.15) is 44.6 Å². The second kappa shape index (κ2) is 7.85. The number of nitrogens with zero attached hydrogens (tertiary/aromatic N) is 1. The molecule has 0 aliphatic carbocycles. The van der Waals surface area contributed by atoms with Gasteiger partial charge in [0.2, 0.25) is 12.7 Å². The van der Waals surface area contributed by atoms with E-state index < -0.39 is 11.9 Å². The summed E-state index contributed by atoms with van der Waals surface area (Å²) < 4.78 is 10.5. The smallest absolute Gasteiger partial charge is 0.311 e. The standard InChI is InChI=1S/C17H23NO5/c1-3-7-18(8-4-2)16(19)10-13(17(20)21)12-5-6-14-15(9-12)23-11-22-14/h5-6,9,13H,3-4,7-8,10-11H2,1-2H3,(H,20,21). The summed E-state index contributed by atoms with van der Waals surface area (Å²) in [5.41, 5.74) is 0.558. The lowest BCUT2D eigenvalue weighted by molar-refractivity contribution is -0.142. The van der Waals surface area contributed by atoms with Crippen molar-refractivity contribution in [2.24, 2.45) is 0 Å². The van der Waals surface area contributed by atoms with Crippen molar-refractivity contribution in [3.05, 3.63) is 23.8 Å². The highest BCUT2D eigenvalue weighted by Crippen LogP contribution is 2.35. The third-order valence-corrected chi connectivity index (χ3v) is 3.82. The summed E-state index contributed by atoms with van der Waals surface area (Å²) in [6.07, 6.45) is 1.66. The Labute approximate surface area is 136 Å². The summed E-state index contributed by atoms with van der Waals surface area (Å²) in [5, 5.41) is 9.52. The van der Waals surface area contributed by atoms with E-state index in [0.29, 0.717) is 30.2 Å². The van der Waals surface area contributed by atoms with Crippen LogP contribution in [0.2, 0.25) is 0 Å². The first-order valence-corrected chi connectivity index (χ1v) is 7.96. The van der Waals surface area contributed by atoms with Crippen LogP contribution in [0.4, 0.5) is 0 Å². The fourth-order valence-electron chi connectivity index (χ4n) is 2.68. The van der Waals surface area contributed by atoms with Gasteiger partial charge in [-0.15, -0.1) is 0 Å². The summed E-state index contributed by atoms with van der Waals surface area (Å²) in [7, 11) is 0. The first kappa shape index (κ1) is 17.1. The highest BCUT2D eigenvalue weighted by molar-refractivity contribution is 5.86. The van der Waals surface area contributed by atoms with Gasteiger partial charge in [-0.25, -0.2) is 0 Å². The number of rotatable bonds is 8. The van der Waals surface area contributed by atoms with Gasteiger partial charge in [-0.1, -0.05) is 19.9 Å². The van der Waals surface area contributed by atoms with E-state index in [0.717, 1.165) is 12.8 Å². The molecule has 1 aliphatic heterocycles. The predicted molar refractivity (Wildman–Crippen MR) is 84.7 cm³/mol. The zero-order chi connectivity index (χ0) is 16.8. The van der Waals surface area contributed by atoms with Gasteiger partial charge >= 0.3 is 5.97 Å². The molecular formula is C17H23NO5. The number of carbonyl (C=O) groups excluding carboxylic acids is 1. The van der Waals surface area contributed by atoms with E-state index >= 15 is 0 Å². The van der Waals surface area contributed by atoms with Crippen LogP contribution in [0.3, 0.4) is 0 Å². The third kappa shape index (κ3) is 4.15. The van der Waals surface area contributed by atoms with Crippen LogP contribution in [0.15, 0.2) is 18.2 Å². The van der Waals surface area contributed by atoms with Crippen LogP contribution in [0, 0.1) is 0 Å². The number of hydrogen-bond donors (Lipinski definition) is 1. The number of carboxylic acid groups (broad SMARTS) is 1. The molecule has 6 heteroatoms. The summed E-state index contributed by atoms with van der Waals surface area (Å²) in [5.74, 6) is -0.889. The molecule has 0 spiro atoms. The lowest BCUT2D eigenvalue weighted by Gasteiger charge is -2.23. The van der Waals surface area contributed by atoms with Crippen LogP contribution in [0.5, 0.6) is 11.5 Å². The molecule has 1 heterocycles. The van der Waals surface area contributed by atoms with Crippen molar-refractivity contribution >= 4 is 11.9 Å². The quantitative estimate of drug-likeness (QED) is 0.796. The molecule has 1 aromatic rings. The fourth-order valence-corrected chi connectivity index (χ4v) is 2.68. The van der Waals surface area contributed by atoms with Gasteiger partial charge in [0.1, 0.15) is 0 Å². The summed E-state index contributed by atoms with van der Waals surface area (Å²) in [6, 6.07) is 5.02. The lowest BCUT2D eigenvalue weighted by Crippen LogP contribution is -2.34. The number of amides is 1. The number of carboxylic acids is 1. The maximum atomic E-state index is 12.5. The molecule has 6 nitrogen and oxygen atoms in total. The summed E-state index contributed by atoms with van der Waals surface area (Å²) in [4.78, 5) is 25.8. The Morgan fingerprint density at radius 1 is 1.17 bits per heavy atom. The molecule has 1 atom stereocenters. The fraction of sp³-hybridized carbons (Fsp3) is 0.529. The highest BCUT2D eigenvalue weighted by atomic mass is 16.7. The second-order valence-electron chi connectivity index (χ2n) is 5.59. The van der Waals surface area contributed by atoms with Crippen LogP contribution < -0.4 is 9.47 Å². The molecule has 23 heavy (non-hydrogen) atoms. The lowest BCUT2D eigenvalue weighted by atomic mass is 9.94. The molecule has 0 radical (unpaired) electrons. The van der Waals surface area contributed by atoms with Crippen molar-refractivity contribution < 1.29 is 24.2 Å². The number of ether oxygens (including phenoxy) is 2. The molecule has 0 aromatic heterocycles. The van der Waals surface area contributed by atoms with E-state index in [1.807, 2.05) is 13.8 Å². The molecule has 126 valence electrons. The maximum absolute atomic E-state index is 12.5. The normalized spacial score (nSPS) is 13.7. The third-order valence-electron chi connectivity index (χ3n) is 3.82. The molecular weight excluding hydrogens is 298 g/mol. The highest BCUT2D eigenvalue weighted by Gasteiger charge is 2.27. The zero-order valence-corrected chi connectivity index (χ0v) is 13.6. The van der Waals surface area contributed by atoms with Gasteiger partial charge < -0.3 is 19.5 Å². The van der Waals surface area contributed by atoms with E-state index in [4.69, 9.17) is 9.47 Å². The van der Waals surface area contributed by atoms with Crippen molar-refractivity contribution in [1.82, 2.24) is 4.90 Å². The van der Waals surface area contributed by atoms with Crippen molar-refractivity contribution in [2.75, 3.05) is 19.9 Å². The molecule has 2 rings (SSSR count). The van der Waals surface area contributed by atoms with Gasteiger partial charge in [0.15, 0.2) is 11.5 Å². The zero-order valence-electron chi connectivity index (χ0n) is 13.6. The second-order valence-corrected chi connectivity index (χ2v) is 5.59. The number of hydrogen-bond acceptors (Lipinski definition) is 4. The van der Waals surface area contributed by atoms with Gasteiger partial charge in [-0.05, 0) is 30.5 Å². The molecule has 1 unspecified atom stereocenters. The Hall–Kier alpha value is -2.24. The van der Waals surface area contributed by atoms with Crippen molar-refractivity contribution in [3.8, 4) is 11.5 Å². The predicted octanol–water partition coefficient (Wildman–Crippen LogP) is 2.62. The van der Waals surface area contributed by atoms with E-state index in [9.17, 15) is 14.7 Å². The summed E-state index contributed by atoms with van der Waals surface area (Å²) in [6.45, 7) is 5.45. The Balaban J connectivity index is 2.15. The number of fused-ring (bicyclic) bond motifs is 1. The van der Waals surface area contributed by atoms with Gasteiger partial charge in [0.25, 0.3) is 0 Å². The van der Waals surface area contributed by atoms with Crippen molar-refractivity contribution in [1.29, 1.82) is 0 Å². The van der Waals surface area contributed by atoms with Gasteiger partial charge in [0, 0.05) is 19.5 Å². The molecule has 1 amide bonds. The Kier molecular flexibility index (Phi) is 5.84. The first-order valence-electron chi connectivity index (χ1n) is 7.96. The van der Waals surface area contributed by atoms with E-state index in [2.05, 4.69) is 0 Å². The minimum atomic E-state index is -1.01.